The summed E-state index contributed by atoms with van der Waals surface area (Å²) in [5.41, 5.74) is 1.01. The van der Waals surface area contributed by atoms with Crippen LogP contribution in [-0.2, 0) is 11.2 Å². The number of rotatable bonds is 7. The fraction of sp³-hybridized carbons (Fsp3) is 0.462. The predicted octanol–water partition coefficient (Wildman–Crippen LogP) is 1.31. The molecule has 18 heavy (non-hydrogen) atoms. The summed E-state index contributed by atoms with van der Waals surface area (Å²) < 4.78 is 10.4. The van der Waals surface area contributed by atoms with Gasteiger partial charge < -0.3 is 19.9 Å². The Labute approximate surface area is 107 Å². The van der Waals surface area contributed by atoms with Crippen LogP contribution in [0.2, 0.25) is 0 Å². The number of likely N-dealkylation sites (N-methyl/N-ethyl adjacent to an activating group) is 1. The maximum absolute atomic E-state index is 10.7. The third-order valence-electron chi connectivity index (χ3n) is 2.76. The SMILES string of the molecule is CNC(CC(=O)O)Cc1ccc(OC)c(OC)c1. The van der Waals surface area contributed by atoms with Crippen molar-refractivity contribution in [2.24, 2.45) is 0 Å². The molecule has 100 valence electrons. The number of carboxylic acids is 1. The molecule has 0 saturated carbocycles. The van der Waals surface area contributed by atoms with E-state index in [0.29, 0.717) is 17.9 Å². The predicted molar refractivity (Wildman–Crippen MR) is 68.4 cm³/mol. The topological polar surface area (TPSA) is 67.8 Å². The maximum atomic E-state index is 10.7. The molecule has 1 atom stereocenters. The van der Waals surface area contributed by atoms with Crippen molar-refractivity contribution in [2.75, 3.05) is 21.3 Å². The minimum atomic E-state index is -0.810. The molecule has 0 fully saturated rings. The lowest BCUT2D eigenvalue weighted by Gasteiger charge is -2.15. The summed E-state index contributed by atoms with van der Waals surface area (Å²) in [6.07, 6.45) is 0.716. The molecule has 2 N–H and O–H groups in total. The Morgan fingerprint density at radius 3 is 2.50 bits per heavy atom. The van der Waals surface area contributed by atoms with E-state index in [0.717, 1.165) is 5.56 Å². The summed E-state index contributed by atoms with van der Waals surface area (Å²) >= 11 is 0. The van der Waals surface area contributed by atoms with Crippen LogP contribution in [0.4, 0.5) is 0 Å². The van der Waals surface area contributed by atoms with Gasteiger partial charge >= 0.3 is 5.97 Å². The van der Waals surface area contributed by atoms with Crippen LogP contribution in [0, 0.1) is 0 Å². The van der Waals surface area contributed by atoms with Crippen molar-refractivity contribution < 1.29 is 19.4 Å². The Kier molecular flexibility index (Phi) is 5.45. The molecule has 1 aromatic carbocycles. The van der Waals surface area contributed by atoms with Gasteiger partial charge in [0, 0.05) is 6.04 Å². The van der Waals surface area contributed by atoms with Gasteiger partial charge in [-0.25, -0.2) is 0 Å². The van der Waals surface area contributed by atoms with E-state index in [9.17, 15) is 4.79 Å². The molecule has 0 saturated heterocycles. The lowest BCUT2D eigenvalue weighted by molar-refractivity contribution is -0.137. The maximum Gasteiger partial charge on any atom is 0.304 e. The molecule has 0 radical (unpaired) electrons. The van der Waals surface area contributed by atoms with Gasteiger partial charge in [0.25, 0.3) is 0 Å². The van der Waals surface area contributed by atoms with Crippen LogP contribution in [0.3, 0.4) is 0 Å². The number of methoxy groups -OCH3 is 2. The van der Waals surface area contributed by atoms with E-state index in [1.165, 1.54) is 0 Å². The second kappa shape index (κ2) is 6.86. The zero-order chi connectivity index (χ0) is 13.5. The Morgan fingerprint density at radius 1 is 1.33 bits per heavy atom. The molecule has 0 aliphatic rings. The van der Waals surface area contributed by atoms with Gasteiger partial charge in [-0.3, -0.25) is 4.79 Å². The number of ether oxygens (including phenoxy) is 2. The molecule has 1 aromatic rings. The van der Waals surface area contributed by atoms with Crippen molar-refractivity contribution in [1.29, 1.82) is 0 Å². The number of aliphatic carboxylic acids is 1. The van der Waals surface area contributed by atoms with Crippen LogP contribution in [0.25, 0.3) is 0 Å². The number of hydrogen-bond donors (Lipinski definition) is 2. The van der Waals surface area contributed by atoms with E-state index in [1.807, 2.05) is 18.2 Å². The second-order valence-corrected chi connectivity index (χ2v) is 3.98. The highest BCUT2D eigenvalue weighted by molar-refractivity contribution is 5.67. The summed E-state index contributed by atoms with van der Waals surface area (Å²) in [6.45, 7) is 0. The second-order valence-electron chi connectivity index (χ2n) is 3.98. The van der Waals surface area contributed by atoms with Crippen LogP contribution >= 0.6 is 0 Å². The van der Waals surface area contributed by atoms with E-state index in [-0.39, 0.29) is 12.5 Å². The lowest BCUT2D eigenvalue weighted by atomic mass is 10.0. The van der Waals surface area contributed by atoms with Gasteiger partial charge in [-0.05, 0) is 31.2 Å². The van der Waals surface area contributed by atoms with Crippen molar-refractivity contribution >= 4 is 5.97 Å². The molecule has 0 aliphatic heterocycles. The highest BCUT2D eigenvalue weighted by Crippen LogP contribution is 2.28. The standard InChI is InChI=1S/C13H19NO4/c1-14-10(8-13(15)16)6-9-4-5-11(17-2)12(7-9)18-3/h4-5,7,10,14H,6,8H2,1-3H3,(H,15,16). The Balaban J connectivity index is 2.80. The van der Waals surface area contributed by atoms with Gasteiger partial charge in [0.15, 0.2) is 11.5 Å². The Bertz CT molecular complexity index is 406. The van der Waals surface area contributed by atoms with Crippen LogP contribution in [-0.4, -0.2) is 38.4 Å². The van der Waals surface area contributed by atoms with Gasteiger partial charge in [0.2, 0.25) is 0 Å². The normalized spacial score (nSPS) is 11.9. The minimum Gasteiger partial charge on any atom is -0.493 e. The molecule has 5 nitrogen and oxygen atoms in total. The first-order chi connectivity index (χ1) is 8.60. The number of carbonyl (C=O) groups is 1. The number of hydrogen-bond acceptors (Lipinski definition) is 4. The van der Waals surface area contributed by atoms with E-state index in [2.05, 4.69) is 5.32 Å². The van der Waals surface area contributed by atoms with Crippen molar-refractivity contribution in [2.45, 2.75) is 18.9 Å². The zero-order valence-corrected chi connectivity index (χ0v) is 10.9. The molecular formula is C13H19NO4. The average Bonchev–Trinajstić information content (AvgIpc) is 2.37. The average molecular weight is 253 g/mol. The minimum absolute atomic E-state index is 0.0881. The van der Waals surface area contributed by atoms with Crippen molar-refractivity contribution in [3.8, 4) is 11.5 Å². The van der Waals surface area contributed by atoms with Gasteiger partial charge in [0.1, 0.15) is 0 Å². The lowest BCUT2D eigenvalue weighted by Crippen LogP contribution is -2.30. The summed E-state index contributed by atoms with van der Waals surface area (Å²) in [7, 11) is 4.92. The van der Waals surface area contributed by atoms with Gasteiger partial charge in [-0.1, -0.05) is 6.07 Å². The molecule has 0 heterocycles. The number of benzene rings is 1. The quantitative estimate of drug-likeness (QED) is 0.767. The zero-order valence-electron chi connectivity index (χ0n) is 10.9. The number of nitrogens with one attached hydrogen (secondary N) is 1. The molecule has 1 unspecified atom stereocenters. The first-order valence-corrected chi connectivity index (χ1v) is 5.70. The van der Waals surface area contributed by atoms with Crippen LogP contribution in [0.15, 0.2) is 18.2 Å². The van der Waals surface area contributed by atoms with Crippen LogP contribution < -0.4 is 14.8 Å². The van der Waals surface area contributed by atoms with E-state index >= 15 is 0 Å². The number of carboxylic acid groups (broad SMARTS) is 1. The third kappa shape index (κ3) is 3.92. The molecular weight excluding hydrogens is 234 g/mol. The molecule has 0 aliphatic carbocycles. The monoisotopic (exact) mass is 253 g/mol. The fourth-order valence-electron chi connectivity index (χ4n) is 1.78. The highest BCUT2D eigenvalue weighted by Gasteiger charge is 2.13. The van der Waals surface area contributed by atoms with Crippen LogP contribution in [0.5, 0.6) is 11.5 Å². The van der Waals surface area contributed by atoms with Crippen molar-refractivity contribution in [3.05, 3.63) is 23.8 Å². The van der Waals surface area contributed by atoms with E-state index in [4.69, 9.17) is 14.6 Å². The molecule has 0 aromatic heterocycles. The van der Waals surface area contributed by atoms with Gasteiger partial charge in [-0.2, -0.15) is 0 Å². The molecule has 0 spiro atoms. The highest BCUT2D eigenvalue weighted by atomic mass is 16.5. The summed E-state index contributed by atoms with van der Waals surface area (Å²) in [6, 6.07) is 5.50. The first-order valence-electron chi connectivity index (χ1n) is 5.70. The van der Waals surface area contributed by atoms with Crippen molar-refractivity contribution in [3.63, 3.8) is 0 Å². The Morgan fingerprint density at radius 2 is 2.00 bits per heavy atom. The summed E-state index contributed by atoms with van der Waals surface area (Å²) in [5.74, 6) is 0.510. The third-order valence-corrected chi connectivity index (χ3v) is 2.76. The molecule has 5 heteroatoms. The van der Waals surface area contributed by atoms with Crippen LogP contribution in [0.1, 0.15) is 12.0 Å². The largest absolute Gasteiger partial charge is 0.493 e. The van der Waals surface area contributed by atoms with Gasteiger partial charge in [-0.15, -0.1) is 0 Å². The first kappa shape index (κ1) is 14.3. The van der Waals surface area contributed by atoms with Gasteiger partial charge in [0.05, 0.1) is 20.6 Å². The molecule has 1 rings (SSSR count). The summed E-state index contributed by atoms with van der Waals surface area (Å²) in [4.78, 5) is 10.7. The smallest absolute Gasteiger partial charge is 0.304 e. The van der Waals surface area contributed by atoms with E-state index < -0.39 is 5.97 Å². The fourth-order valence-corrected chi connectivity index (χ4v) is 1.78. The molecule has 0 amide bonds. The van der Waals surface area contributed by atoms with E-state index in [1.54, 1.807) is 21.3 Å². The summed E-state index contributed by atoms with van der Waals surface area (Å²) in [5, 5.41) is 11.8. The van der Waals surface area contributed by atoms with Crippen molar-refractivity contribution in [1.82, 2.24) is 5.32 Å². The Hall–Kier alpha value is -1.75. The molecule has 0 bridgehead atoms.